The molecule has 0 fully saturated rings. The molecule has 1 amide bonds. The number of halogens is 3. The first kappa shape index (κ1) is 14.0. The normalized spacial score (nSPS) is 11.7. The van der Waals surface area contributed by atoms with Gasteiger partial charge in [0.25, 0.3) is 0 Å². The topological polar surface area (TPSA) is 85.8 Å². The summed E-state index contributed by atoms with van der Waals surface area (Å²) in [5.41, 5.74) is -0.196. The van der Waals surface area contributed by atoms with Crippen molar-refractivity contribution in [2.75, 3.05) is 5.32 Å². The molecule has 2 heterocycles. The first-order chi connectivity index (χ1) is 9.27. The molecule has 10 heteroatoms. The maximum absolute atomic E-state index is 12.6. The fourth-order valence-corrected chi connectivity index (χ4v) is 1.54. The van der Waals surface area contributed by atoms with Gasteiger partial charge in [-0.3, -0.25) is 9.48 Å². The van der Waals surface area contributed by atoms with Crippen LogP contribution in [-0.4, -0.2) is 26.0 Å². The number of carbonyl (C=O) groups excluding carboxylic acids is 1. The third-order valence-electron chi connectivity index (χ3n) is 2.51. The number of carbonyl (C=O) groups is 1. The zero-order valence-electron chi connectivity index (χ0n) is 10.5. The monoisotopic (exact) mass is 289 g/mol. The van der Waals surface area contributed by atoms with Gasteiger partial charge in [0.1, 0.15) is 17.1 Å². The van der Waals surface area contributed by atoms with E-state index in [0.29, 0.717) is 16.1 Å². The Morgan fingerprint density at radius 3 is 2.65 bits per heavy atom. The molecule has 0 aliphatic rings. The summed E-state index contributed by atoms with van der Waals surface area (Å²) in [7, 11) is 1.14. The van der Waals surface area contributed by atoms with Crippen molar-refractivity contribution in [1.82, 2.24) is 20.1 Å². The molecule has 0 radical (unpaired) electrons. The Labute approximate surface area is 110 Å². The van der Waals surface area contributed by atoms with Crippen molar-refractivity contribution in [2.45, 2.75) is 19.5 Å². The molecule has 0 bridgehead atoms. The molecule has 2 aromatic heterocycles. The van der Waals surface area contributed by atoms with Crippen LogP contribution in [0.2, 0.25) is 0 Å². The summed E-state index contributed by atoms with van der Waals surface area (Å²) in [5.74, 6) is -0.741. The second-order valence-corrected chi connectivity index (χ2v) is 4.06. The van der Waals surface area contributed by atoms with Crippen molar-refractivity contribution >= 4 is 11.7 Å². The van der Waals surface area contributed by atoms with Gasteiger partial charge < -0.3 is 5.32 Å². The van der Waals surface area contributed by atoms with E-state index in [1.807, 2.05) is 0 Å². The number of alkyl halides is 3. The molecule has 0 aliphatic carbocycles. The lowest BCUT2D eigenvalue weighted by Gasteiger charge is -2.04. The Balaban J connectivity index is 2.07. The van der Waals surface area contributed by atoms with Crippen LogP contribution in [0.15, 0.2) is 10.7 Å². The molecule has 2 rings (SSSR count). The van der Waals surface area contributed by atoms with Crippen molar-refractivity contribution in [3.8, 4) is 0 Å². The van der Waals surface area contributed by atoms with Gasteiger partial charge in [-0.15, -0.1) is 0 Å². The van der Waals surface area contributed by atoms with Crippen LogP contribution < -0.4 is 5.32 Å². The van der Waals surface area contributed by atoms with E-state index in [1.165, 1.54) is 0 Å². The van der Waals surface area contributed by atoms with Crippen molar-refractivity contribution in [1.29, 1.82) is 0 Å². The number of hydrogen-bond acceptors (Lipinski definition) is 5. The van der Waals surface area contributed by atoms with E-state index in [1.54, 1.807) is 6.92 Å². The molecule has 0 aromatic carbocycles. The standard InChI is InChI=1S/C10H10F3N5O2/c1-5-6(17-20-16-5)3-9(19)14-8-4-7(10(11,12)13)18(2)15-8/h4H,3H2,1-2H3,(H,14,15,19). The smallest absolute Gasteiger partial charge is 0.309 e. The quantitative estimate of drug-likeness (QED) is 0.920. The average molecular weight is 289 g/mol. The summed E-state index contributed by atoms with van der Waals surface area (Å²) >= 11 is 0. The van der Waals surface area contributed by atoms with Crippen LogP contribution in [0.25, 0.3) is 0 Å². The second kappa shape index (κ2) is 4.94. The van der Waals surface area contributed by atoms with Gasteiger partial charge in [0.15, 0.2) is 5.82 Å². The van der Waals surface area contributed by atoms with Gasteiger partial charge in [-0.2, -0.15) is 18.3 Å². The van der Waals surface area contributed by atoms with E-state index < -0.39 is 17.8 Å². The first-order valence-electron chi connectivity index (χ1n) is 5.46. The number of aryl methyl sites for hydroxylation is 2. The maximum atomic E-state index is 12.6. The molecule has 7 nitrogen and oxygen atoms in total. The highest BCUT2D eigenvalue weighted by Crippen LogP contribution is 2.30. The lowest BCUT2D eigenvalue weighted by Crippen LogP contribution is -2.15. The highest BCUT2D eigenvalue weighted by molar-refractivity contribution is 5.91. The minimum absolute atomic E-state index is 0.159. The van der Waals surface area contributed by atoms with Crippen LogP contribution in [0, 0.1) is 6.92 Å². The first-order valence-corrected chi connectivity index (χ1v) is 5.46. The lowest BCUT2D eigenvalue weighted by molar-refractivity contribution is -0.143. The largest absolute Gasteiger partial charge is 0.433 e. The molecular formula is C10H10F3N5O2. The Bertz CT molecular complexity index is 631. The molecule has 1 N–H and O–H groups in total. The minimum atomic E-state index is -4.53. The summed E-state index contributed by atoms with van der Waals surface area (Å²) < 4.78 is 42.7. The van der Waals surface area contributed by atoms with Gasteiger partial charge in [-0.1, -0.05) is 10.3 Å². The lowest BCUT2D eigenvalue weighted by atomic mass is 10.2. The van der Waals surface area contributed by atoms with E-state index in [2.05, 4.69) is 25.4 Å². The number of aromatic nitrogens is 4. The predicted octanol–water partition coefficient (Wildman–Crippen LogP) is 1.31. The van der Waals surface area contributed by atoms with Gasteiger partial charge in [0.2, 0.25) is 5.91 Å². The van der Waals surface area contributed by atoms with Gasteiger partial charge in [0.05, 0.1) is 6.42 Å². The van der Waals surface area contributed by atoms with Crippen molar-refractivity contribution < 1.29 is 22.6 Å². The molecule has 0 saturated carbocycles. The third kappa shape index (κ3) is 2.95. The Morgan fingerprint density at radius 2 is 2.15 bits per heavy atom. The molecule has 0 aliphatic heterocycles. The van der Waals surface area contributed by atoms with Crippen molar-refractivity contribution in [3.05, 3.63) is 23.1 Å². The molecule has 0 saturated heterocycles. The fraction of sp³-hybridized carbons (Fsp3) is 0.400. The Kier molecular flexibility index (Phi) is 3.47. The van der Waals surface area contributed by atoms with Crippen molar-refractivity contribution in [2.24, 2.45) is 7.05 Å². The minimum Gasteiger partial charge on any atom is -0.309 e. The molecule has 0 spiro atoms. The molecular weight excluding hydrogens is 279 g/mol. The van der Waals surface area contributed by atoms with E-state index in [0.717, 1.165) is 13.1 Å². The average Bonchev–Trinajstić information content (AvgIpc) is 2.85. The Morgan fingerprint density at radius 1 is 1.45 bits per heavy atom. The summed E-state index contributed by atoms with van der Waals surface area (Å²) in [6.45, 7) is 1.60. The van der Waals surface area contributed by atoms with Crippen LogP contribution in [0.3, 0.4) is 0 Å². The highest BCUT2D eigenvalue weighted by atomic mass is 19.4. The Hall–Kier alpha value is -2.39. The van der Waals surface area contributed by atoms with Gasteiger partial charge in [0, 0.05) is 13.1 Å². The number of nitrogens with zero attached hydrogens (tertiary/aromatic N) is 4. The molecule has 108 valence electrons. The molecule has 2 aromatic rings. The van der Waals surface area contributed by atoms with Gasteiger partial charge in [-0.25, -0.2) is 4.63 Å². The van der Waals surface area contributed by atoms with Crippen LogP contribution >= 0.6 is 0 Å². The number of anilines is 1. The third-order valence-corrected chi connectivity index (χ3v) is 2.51. The number of hydrogen-bond donors (Lipinski definition) is 1. The number of nitrogens with one attached hydrogen (secondary N) is 1. The van der Waals surface area contributed by atoms with Crippen LogP contribution in [0.4, 0.5) is 19.0 Å². The number of rotatable bonds is 3. The van der Waals surface area contributed by atoms with Crippen molar-refractivity contribution in [3.63, 3.8) is 0 Å². The van der Waals surface area contributed by atoms with Crippen LogP contribution in [0.5, 0.6) is 0 Å². The fourth-order valence-electron chi connectivity index (χ4n) is 1.54. The molecule has 20 heavy (non-hydrogen) atoms. The second-order valence-electron chi connectivity index (χ2n) is 4.06. The van der Waals surface area contributed by atoms with Gasteiger partial charge >= 0.3 is 6.18 Å². The van der Waals surface area contributed by atoms with E-state index in [-0.39, 0.29) is 12.2 Å². The van der Waals surface area contributed by atoms with E-state index in [4.69, 9.17) is 0 Å². The molecule has 0 atom stereocenters. The van der Waals surface area contributed by atoms with Crippen LogP contribution in [-0.2, 0) is 24.4 Å². The van der Waals surface area contributed by atoms with E-state index >= 15 is 0 Å². The number of amides is 1. The summed E-state index contributed by atoms with van der Waals surface area (Å²) in [5, 5.41) is 12.8. The van der Waals surface area contributed by atoms with Gasteiger partial charge in [-0.05, 0) is 6.92 Å². The SMILES string of the molecule is Cc1nonc1CC(=O)Nc1cc(C(F)(F)F)n(C)n1. The zero-order valence-corrected chi connectivity index (χ0v) is 10.5. The van der Waals surface area contributed by atoms with Crippen LogP contribution in [0.1, 0.15) is 17.1 Å². The summed E-state index contributed by atoms with van der Waals surface area (Å²) in [4.78, 5) is 11.7. The zero-order chi connectivity index (χ0) is 14.9. The maximum Gasteiger partial charge on any atom is 0.433 e. The predicted molar refractivity (Wildman–Crippen MR) is 59.6 cm³/mol. The summed E-state index contributed by atoms with van der Waals surface area (Å²) in [6.07, 6.45) is -4.69. The van der Waals surface area contributed by atoms with E-state index in [9.17, 15) is 18.0 Å². The highest BCUT2D eigenvalue weighted by Gasteiger charge is 2.35. The molecule has 0 unspecified atom stereocenters. The summed E-state index contributed by atoms with van der Waals surface area (Å²) in [6, 6.07) is 0.756.